The number of carbonyl (C=O) groups excluding carboxylic acids is 1. The van der Waals surface area contributed by atoms with Crippen molar-refractivity contribution in [2.75, 3.05) is 26.2 Å². The first-order valence-electron chi connectivity index (χ1n) is 9.09. The average Bonchev–Trinajstić information content (AvgIpc) is 3.45. The zero-order valence-corrected chi connectivity index (χ0v) is 14.6. The lowest BCUT2D eigenvalue weighted by atomic mass is 9.91. The second-order valence-electron chi connectivity index (χ2n) is 7.21. The molecule has 2 aliphatic rings. The molecule has 132 valence electrons. The summed E-state index contributed by atoms with van der Waals surface area (Å²) in [7, 11) is 0. The fraction of sp³-hybridized carbons (Fsp3) is 0.632. The number of hydrogen-bond acceptors (Lipinski definition) is 4. The lowest BCUT2D eigenvalue weighted by Gasteiger charge is -2.37. The third-order valence-electron chi connectivity index (χ3n) is 5.42. The van der Waals surface area contributed by atoms with Crippen molar-refractivity contribution < 1.29 is 9.90 Å². The molecule has 0 atom stereocenters. The Morgan fingerprint density at radius 3 is 2.42 bits per heavy atom. The van der Waals surface area contributed by atoms with E-state index in [1.807, 2.05) is 17.0 Å². The molecule has 1 aromatic rings. The van der Waals surface area contributed by atoms with Crippen LogP contribution in [0, 0.1) is 0 Å². The van der Waals surface area contributed by atoms with E-state index in [1.54, 1.807) is 0 Å². The van der Waals surface area contributed by atoms with E-state index in [2.05, 4.69) is 24.0 Å². The molecule has 1 saturated carbocycles. The summed E-state index contributed by atoms with van der Waals surface area (Å²) >= 11 is 0. The molecule has 2 fully saturated rings. The standard InChI is InChI=1S/C19H29N3O2/c1-2-21(17-7-8-17)13-15-3-5-16(6-4-15)18(23)22-11-9-19(24,14-20)10-12-22/h3-6,17,24H,2,7-14,20H2,1H3. The molecule has 1 amide bonds. The largest absolute Gasteiger partial charge is 0.388 e. The summed E-state index contributed by atoms with van der Waals surface area (Å²) in [4.78, 5) is 16.9. The van der Waals surface area contributed by atoms with Gasteiger partial charge in [0.1, 0.15) is 0 Å². The van der Waals surface area contributed by atoms with E-state index in [1.165, 1.54) is 18.4 Å². The van der Waals surface area contributed by atoms with Gasteiger partial charge in [0.2, 0.25) is 0 Å². The van der Waals surface area contributed by atoms with Gasteiger partial charge >= 0.3 is 0 Å². The van der Waals surface area contributed by atoms with Crippen molar-refractivity contribution in [2.24, 2.45) is 5.73 Å². The number of hydrogen-bond donors (Lipinski definition) is 2. The lowest BCUT2D eigenvalue weighted by Crippen LogP contribution is -2.50. The van der Waals surface area contributed by atoms with Gasteiger partial charge in [-0.05, 0) is 49.9 Å². The van der Waals surface area contributed by atoms with Gasteiger partial charge in [-0.2, -0.15) is 0 Å². The van der Waals surface area contributed by atoms with Crippen LogP contribution in [0.5, 0.6) is 0 Å². The van der Waals surface area contributed by atoms with E-state index in [9.17, 15) is 9.90 Å². The summed E-state index contributed by atoms with van der Waals surface area (Å²) in [5.41, 5.74) is 6.80. The van der Waals surface area contributed by atoms with Crippen molar-refractivity contribution in [2.45, 2.75) is 50.8 Å². The fourth-order valence-corrected chi connectivity index (χ4v) is 3.44. The summed E-state index contributed by atoms with van der Waals surface area (Å²) in [6.07, 6.45) is 3.74. The molecule has 1 aromatic carbocycles. The molecule has 0 bridgehead atoms. The van der Waals surface area contributed by atoms with Crippen LogP contribution in [0.4, 0.5) is 0 Å². The summed E-state index contributed by atoms with van der Waals surface area (Å²) in [6, 6.07) is 8.76. The Labute approximate surface area is 144 Å². The highest BCUT2D eigenvalue weighted by Gasteiger charge is 2.33. The highest BCUT2D eigenvalue weighted by molar-refractivity contribution is 5.94. The number of aliphatic hydroxyl groups is 1. The second-order valence-corrected chi connectivity index (χ2v) is 7.21. The first-order valence-corrected chi connectivity index (χ1v) is 9.09. The number of benzene rings is 1. The second kappa shape index (κ2) is 7.21. The highest BCUT2D eigenvalue weighted by atomic mass is 16.3. The molecular formula is C19H29N3O2. The predicted molar refractivity (Wildman–Crippen MR) is 94.7 cm³/mol. The summed E-state index contributed by atoms with van der Waals surface area (Å²) < 4.78 is 0. The van der Waals surface area contributed by atoms with Gasteiger partial charge in [-0.15, -0.1) is 0 Å². The first kappa shape index (κ1) is 17.4. The minimum atomic E-state index is -0.799. The van der Waals surface area contributed by atoms with Gasteiger partial charge in [-0.1, -0.05) is 19.1 Å². The molecule has 3 rings (SSSR count). The lowest BCUT2D eigenvalue weighted by molar-refractivity contribution is -0.00951. The van der Waals surface area contributed by atoms with Gasteiger partial charge in [0.25, 0.3) is 5.91 Å². The highest BCUT2D eigenvalue weighted by Crippen LogP contribution is 2.28. The van der Waals surface area contributed by atoms with Gasteiger partial charge in [0.15, 0.2) is 0 Å². The smallest absolute Gasteiger partial charge is 0.253 e. The molecular weight excluding hydrogens is 302 g/mol. The molecule has 0 unspecified atom stereocenters. The van der Waals surface area contributed by atoms with E-state index in [-0.39, 0.29) is 12.5 Å². The van der Waals surface area contributed by atoms with Crippen LogP contribution in [-0.2, 0) is 6.54 Å². The molecule has 0 spiro atoms. The Bertz CT molecular complexity index is 560. The topological polar surface area (TPSA) is 69.8 Å². The van der Waals surface area contributed by atoms with Crippen LogP contribution in [0.2, 0.25) is 0 Å². The third-order valence-corrected chi connectivity index (χ3v) is 5.42. The van der Waals surface area contributed by atoms with E-state index in [0.717, 1.165) is 24.7 Å². The quantitative estimate of drug-likeness (QED) is 0.831. The molecule has 1 aliphatic carbocycles. The molecule has 3 N–H and O–H groups in total. The van der Waals surface area contributed by atoms with E-state index in [4.69, 9.17) is 5.73 Å². The maximum absolute atomic E-state index is 12.6. The predicted octanol–water partition coefficient (Wildman–Crippen LogP) is 1.60. The third kappa shape index (κ3) is 3.97. The summed E-state index contributed by atoms with van der Waals surface area (Å²) in [6.45, 7) is 5.64. The normalized spacial score (nSPS) is 20.4. The number of rotatable bonds is 6. The van der Waals surface area contributed by atoms with Gasteiger partial charge in [-0.3, -0.25) is 9.69 Å². The van der Waals surface area contributed by atoms with Crippen LogP contribution in [0.15, 0.2) is 24.3 Å². The molecule has 0 radical (unpaired) electrons. The number of nitrogens with two attached hydrogens (primary N) is 1. The van der Waals surface area contributed by atoms with E-state index >= 15 is 0 Å². The van der Waals surface area contributed by atoms with Crippen LogP contribution < -0.4 is 5.73 Å². The molecule has 1 aliphatic heterocycles. The zero-order valence-electron chi connectivity index (χ0n) is 14.6. The number of amides is 1. The van der Waals surface area contributed by atoms with Crippen molar-refractivity contribution >= 4 is 5.91 Å². The van der Waals surface area contributed by atoms with Crippen LogP contribution in [0.25, 0.3) is 0 Å². The maximum atomic E-state index is 12.6. The zero-order chi connectivity index (χ0) is 17.2. The fourth-order valence-electron chi connectivity index (χ4n) is 3.44. The Balaban J connectivity index is 1.58. The van der Waals surface area contributed by atoms with Crippen molar-refractivity contribution in [3.63, 3.8) is 0 Å². The van der Waals surface area contributed by atoms with Crippen molar-refractivity contribution in [3.8, 4) is 0 Å². The molecule has 1 heterocycles. The van der Waals surface area contributed by atoms with Gasteiger partial charge in [0.05, 0.1) is 5.60 Å². The molecule has 5 nitrogen and oxygen atoms in total. The summed E-state index contributed by atoms with van der Waals surface area (Å²) in [5.74, 6) is 0.0511. The van der Waals surface area contributed by atoms with E-state index in [0.29, 0.717) is 25.9 Å². The minimum absolute atomic E-state index is 0.0511. The van der Waals surface area contributed by atoms with Gasteiger partial charge in [0, 0.05) is 37.8 Å². The monoisotopic (exact) mass is 331 g/mol. The van der Waals surface area contributed by atoms with Crippen molar-refractivity contribution in [1.29, 1.82) is 0 Å². The number of piperidine rings is 1. The van der Waals surface area contributed by atoms with Crippen LogP contribution in [-0.4, -0.2) is 58.6 Å². The Hall–Kier alpha value is -1.43. The summed E-state index contributed by atoms with van der Waals surface area (Å²) in [5, 5.41) is 10.2. The number of nitrogens with zero attached hydrogens (tertiary/aromatic N) is 2. The average molecular weight is 331 g/mol. The van der Waals surface area contributed by atoms with Crippen LogP contribution >= 0.6 is 0 Å². The molecule has 5 heteroatoms. The Kier molecular flexibility index (Phi) is 5.23. The molecule has 24 heavy (non-hydrogen) atoms. The van der Waals surface area contributed by atoms with E-state index < -0.39 is 5.60 Å². The number of likely N-dealkylation sites (tertiary alicyclic amines) is 1. The SMILES string of the molecule is CCN(Cc1ccc(C(=O)N2CCC(O)(CN)CC2)cc1)C1CC1. The van der Waals surface area contributed by atoms with Gasteiger partial charge in [-0.25, -0.2) is 0 Å². The van der Waals surface area contributed by atoms with Crippen molar-refractivity contribution in [1.82, 2.24) is 9.80 Å². The maximum Gasteiger partial charge on any atom is 0.253 e. The Morgan fingerprint density at radius 2 is 1.92 bits per heavy atom. The molecule has 0 aromatic heterocycles. The van der Waals surface area contributed by atoms with Crippen LogP contribution in [0.1, 0.15) is 48.5 Å². The van der Waals surface area contributed by atoms with Gasteiger partial charge < -0.3 is 15.7 Å². The molecule has 1 saturated heterocycles. The first-order chi connectivity index (χ1) is 11.5. The van der Waals surface area contributed by atoms with Crippen LogP contribution in [0.3, 0.4) is 0 Å². The Morgan fingerprint density at radius 1 is 1.29 bits per heavy atom. The number of carbonyl (C=O) groups is 1. The minimum Gasteiger partial charge on any atom is -0.388 e. The van der Waals surface area contributed by atoms with Crippen molar-refractivity contribution in [3.05, 3.63) is 35.4 Å².